The number of rotatable bonds is 5. The molecule has 0 aliphatic carbocycles. The maximum absolute atomic E-state index is 11.8. The average Bonchev–Trinajstić information content (AvgIpc) is 2.95. The Morgan fingerprint density at radius 1 is 1.61 bits per heavy atom. The molecule has 1 atom stereocenters. The van der Waals surface area contributed by atoms with Crippen molar-refractivity contribution >= 4 is 5.91 Å². The monoisotopic (exact) mass is 250 g/mol. The van der Waals surface area contributed by atoms with Gasteiger partial charge >= 0.3 is 0 Å². The fraction of sp³-hybridized carbons (Fsp3) is 0.692. The molecule has 5 heteroatoms. The quantitative estimate of drug-likeness (QED) is 0.851. The first-order chi connectivity index (χ1) is 8.72. The van der Waals surface area contributed by atoms with Gasteiger partial charge in [-0.05, 0) is 31.9 Å². The zero-order valence-corrected chi connectivity index (χ0v) is 11.2. The number of hydrogen-bond donors (Lipinski definition) is 1. The number of nitrogens with one attached hydrogen (secondary N) is 1. The second-order valence-corrected chi connectivity index (χ2v) is 4.86. The van der Waals surface area contributed by atoms with Crippen molar-refractivity contribution in [1.82, 2.24) is 20.0 Å². The van der Waals surface area contributed by atoms with E-state index in [1.54, 1.807) is 0 Å². The molecule has 0 radical (unpaired) electrons. The molecular weight excluding hydrogens is 228 g/mol. The van der Waals surface area contributed by atoms with E-state index in [1.165, 1.54) is 5.69 Å². The Hall–Kier alpha value is -1.36. The van der Waals surface area contributed by atoms with Gasteiger partial charge in [0.25, 0.3) is 0 Å². The lowest BCUT2D eigenvalue weighted by atomic mass is 10.1. The fourth-order valence-electron chi connectivity index (χ4n) is 2.57. The summed E-state index contributed by atoms with van der Waals surface area (Å²) in [5.74, 6) is 0.130. The van der Waals surface area contributed by atoms with Crippen LogP contribution in [0.25, 0.3) is 0 Å². The van der Waals surface area contributed by atoms with Crippen LogP contribution in [0.15, 0.2) is 12.3 Å². The first-order valence-corrected chi connectivity index (χ1v) is 6.71. The number of likely N-dealkylation sites (tertiary alicyclic amines) is 1. The van der Waals surface area contributed by atoms with E-state index in [2.05, 4.69) is 22.2 Å². The van der Waals surface area contributed by atoms with Crippen molar-refractivity contribution < 1.29 is 4.79 Å². The van der Waals surface area contributed by atoms with Crippen molar-refractivity contribution in [2.45, 2.75) is 32.2 Å². The van der Waals surface area contributed by atoms with E-state index in [4.69, 9.17) is 0 Å². The molecule has 18 heavy (non-hydrogen) atoms. The van der Waals surface area contributed by atoms with Crippen molar-refractivity contribution in [3.8, 4) is 0 Å². The highest BCUT2D eigenvalue weighted by Gasteiger charge is 2.29. The van der Waals surface area contributed by atoms with Gasteiger partial charge in [-0.25, -0.2) is 0 Å². The molecule has 1 amide bonds. The van der Waals surface area contributed by atoms with Crippen molar-refractivity contribution in [2.75, 3.05) is 19.6 Å². The Morgan fingerprint density at radius 2 is 2.44 bits per heavy atom. The number of amides is 1. The molecular formula is C13H22N4O. The van der Waals surface area contributed by atoms with Crippen LogP contribution in [-0.2, 0) is 11.8 Å². The van der Waals surface area contributed by atoms with Gasteiger partial charge in [-0.3, -0.25) is 14.4 Å². The summed E-state index contributed by atoms with van der Waals surface area (Å²) in [7, 11) is 1.96. The Labute approximate surface area is 108 Å². The second kappa shape index (κ2) is 6.00. The lowest BCUT2D eigenvalue weighted by molar-refractivity contribution is -0.122. The zero-order valence-electron chi connectivity index (χ0n) is 11.2. The lowest BCUT2D eigenvalue weighted by Gasteiger charge is -2.23. The van der Waals surface area contributed by atoms with Crippen molar-refractivity contribution in [1.29, 1.82) is 0 Å². The van der Waals surface area contributed by atoms with E-state index >= 15 is 0 Å². The molecule has 0 spiro atoms. The van der Waals surface area contributed by atoms with Crippen LogP contribution < -0.4 is 5.32 Å². The van der Waals surface area contributed by atoms with Gasteiger partial charge in [0.2, 0.25) is 5.91 Å². The number of hydrogen-bond acceptors (Lipinski definition) is 3. The molecule has 1 saturated heterocycles. The molecule has 1 aliphatic rings. The van der Waals surface area contributed by atoms with Crippen LogP contribution in [-0.4, -0.2) is 40.2 Å². The average molecular weight is 250 g/mol. The Balaban J connectivity index is 1.96. The lowest BCUT2D eigenvalue weighted by Crippen LogP contribution is -2.37. The highest BCUT2D eigenvalue weighted by molar-refractivity contribution is 5.78. The van der Waals surface area contributed by atoms with Gasteiger partial charge in [-0.1, -0.05) is 6.92 Å². The summed E-state index contributed by atoms with van der Waals surface area (Å²) < 4.78 is 1.91. The van der Waals surface area contributed by atoms with Crippen LogP contribution >= 0.6 is 0 Å². The third kappa shape index (κ3) is 2.90. The Morgan fingerprint density at radius 3 is 3.11 bits per heavy atom. The largest absolute Gasteiger partial charge is 0.355 e. The first kappa shape index (κ1) is 13.1. The topological polar surface area (TPSA) is 50.2 Å². The number of aryl methyl sites for hydroxylation is 1. The maximum Gasteiger partial charge on any atom is 0.234 e. The van der Waals surface area contributed by atoms with Gasteiger partial charge in [-0.2, -0.15) is 5.10 Å². The molecule has 1 aromatic rings. The molecule has 1 N–H and O–H groups in total. The fourth-order valence-corrected chi connectivity index (χ4v) is 2.57. The van der Waals surface area contributed by atoms with Gasteiger partial charge in [-0.15, -0.1) is 0 Å². The van der Waals surface area contributed by atoms with Crippen LogP contribution in [0.2, 0.25) is 0 Å². The highest BCUT2D eigenvalue weighted by Crippen LogP contribution is 2.30. The second-order valence-electron chi connectivity index (χ2n) is 4.86. The number of carbonyl (C=O) groups is 1. The molecule has 2 heterocycles. The normalized spacial score (nSPS) is 20.2. The van der Waals surface area contributed by atoms with Crippen LogP contribution in [0.1, 0.15) is 37.9 Å². The molecule has 100 valence electrons. The molecule has 5 nitrogen and oxygen atoms in total. The molecule has 1 fully saturated rings. The highest BCUT2D eigenvalue weighted by atomic mass is 16.2. The zero-order chi connectivity index (χ0) is 13.0. The van der Waals surface area contributed by atoms with Gasteiger partial charge in [0.15, 0.2) is 0 Å². The molecule has 1 unspecified atom stereocenters. The van der Waals surface area contributed by atoms with E-state index in [-0.39, 0.29) is 5.91 Å². The van der Waals surface area contributed by atoms with E-state index < -0.39 is 0 Å². The van der Waals surface area contributed by atoms with E-state index in [9.17, 15) is 4.79 Å². The van der Waals surface area contributed by atoms with E-state index in [1.807, 2.05) is 24.0 Å². The van der Waals surface area contributed by atoms with Gasteiger partial charge < -0.3 is 5.32 Å². The summed E-state index contributed by atoms with van der Waals surface area (Å²) in [6.45, 7) is 4.32. The minimum Gasteiger partial charge on any atom is -0.355 e. The predicted molar refractivity (Wildman–Crippen MR) is 70.1 cm³/mol. The number of nitrogens with zero attached hydrogens (tertiary/aromatic N) is 3. The van der Waals surface area contributed by atoms with E-state index in [0.29, 0.717) is 12.6 Å². The molecule has 0 aromatic carbocycles. The van der Waals surface area contributed by atoms with Crippen LogP contribution in [0.3, 0.4) is 0 Å². The summed E-state index contributed by atoms with van der Waals surface area (Å²) in [6.07, 6.45) is 5.07. The van der Waals surface area contributed by atoms with E-state index in [0.717, 1.165) is 32.4 Å². The summed E-state index contributed by atoms with van der Waals surface area (Å²) >= 11 is 0. The summed E-state index contributed by atoms with van der Waals surface area (Å²) in [5.41, 5.74) is 1.20. The van der Waals surface area contributed by atoms with Crippen molar-refractivity contribution in [2.24, 2.45) is 7.05 Å². The third-order valence-corrected chi connectivity index (χ3v) is 3.48. The summed E-state index contributed by atoms with van der Waals surface area (Å²) in [6, 6.07) is 2.39. The Kier molecular flexibility index (Phi) is 4.36. The first-order valence-electron chi connectivity index (χ1n) is 6.71. The molecule has 1 aromatic heterocycles. The standard InChI is InChI=1S/C13H22N4O/c1-3-7-14-13(18)10-17-9-4-5-12(17)11-6-8-15-16(11)2/h6,8,12H,3-5,7,9-10H2,1-2H3,(H,14,18). The molecule has 2 rings (SSSR count). The minimum absolute atomic E-state index is 0.130. The summed E-state index contributed by atoms with van der Waals surface area (Å²) in [5, 5.41) is 7.15. The molecule has 0 saturated carbocycles. The number of carbonyl (C=O) groups excluding carboxylic acids is 1. The third-order valence-electron chi connectivity index (χ3n) is 3.48. The SMILES string of the molecule is CCCNC(=O)CN1CCCC1c1ccnn1C. The van der Waals surface area contributed by atoms with Gasteiger partial charge in [0.05, 0.1) is 18.3 Å². The summed E-state index contributed by atoms with van der Waals surface area (Å²) in [4.78, 5) is 14.0. The van der Waals surface area contributed by atoms with Crippen LogP contribution in [0, 0.1) is 0 Å². The van der Waals surface area contributed by atoms with Crippen LogP contribution in [0.5, 0.6) is 0 Å². The Bertz CT molecular complexity index is 401. The van der Waals surface area contributed by atoms with Crippen LogP contribution in [0.4, 0.5) is 0 Å². The van der Waals surface area contributed by atoms with Gasteiger partial charge in [0, 0.05) is 19.8 Å². The smallest absolute Gasteiger partial charge is 0.234 e. The van der Waals surface area contributed by atoms with Crippen molar-refractivity contribution in [3.63, 3.8) is 0 Å². The van der Waals surface area contributed by atoms with Crippen molar-refractivity contribution in [3.05, 3.63) is 18.0 Å². The number of aromatic nitrogens is 2. The molecule has 1 aliphatic heterocycles. The molecule has 0 bridgehead atoms. The predicted octanol–water partition coefficient (Wildman–Crippen LogP) is 1.08. The maximum atomic E-state index is 11.8. The van der Waals surface area contributed by atoms with Gasteiger partial charge in [0.1, 0.15) is 0 Å². The minimum atomic E-state index is 0.130.